The molecule has 0 aliphatic heterocycles. The third-order valence-corrected chi connectivity index (χ3v) is 6.49. The number of fused-ring (bicyclic) bond motifs is 1. The van der Waals surface area contributed by atoms with Gasteiger partial charge in [-0.15, -0.1) is 0 Å². The number of amides is 1. The predicted molar refractivity (Wildman–Crippen MR) is 108 cm³/mol. The van der Waals surface area contributed by atoms with E-state index in [0.717, 1.165) is 24.8 Å². The summed E-state index contributed by atoms with van der Waals surface area (Å²) in [6.07, 6.45) is 3.45. The van der Waals surface area contributed by atoms with Crippen molar-refractivity contribution in [3.05, 3.63) is 65.2 Å². The van der Waals surface area contributed by atoms with E-state index in [1.807, 2.05) is 19.1 Å². The molecule has 6 heteroatoms. The molecule has 0 saturated carbocycles. The number of sulfonamides is 1. The Bertz CT molecular complexity index is 940. The topological polar surface area (TPSA) is 75.3 Å². The van der Waals surface area contributed by atoms with Crippen LogP contribution in [0.15, 0.2) is 48.5 Å². The Morgan fingerprint density at radius 1 is 1.15 bits per heavy atom. The second kappa shape index (κ2) is 7.72. The van der Waals surface area contributed by atoms with E-state index in [0.29, 0.717) is 17.7 Å². The quantitative estimate of drug-likeness (QED) is 0.792. The SMILES string of the molecule is CCCS(=O)(=O)Nc1cccc(C(=O)N[C@@]2(C)CCCc3ccccc32)c1. The zero-order chi connectivity index (χ0) is 19.5. The molecule has 1 atom stereocenters. The van der Waals surface area contributed by atoms with E-state index in [4.69, 9.17) is 0 Å². The standard InChI is InChI=1S/C21H26N2O3S/c1-3-14-27(25,26)23-18-11-6-9-17(15-18)20(24)22-21(2)13-7-10-16-8-4-5-12-19(16)21/h4-6,8-9,11-12,15,23H,3,7,10,13-14H2,1-2H3,(H,22,24)/t21-/m0/s1. The van der Waals surface area contributed by atoms with Crippen LogP contribution < -0.4 is 10.0 Å². The number of nitrogens with one attached hydrogen (secondary N) is 2. The van der Waals surface area contributed by atoms with Crippen LogP contribution in [0.5, 0.6) is 0 Å². The number of benzene rings is 2. The first-order valence-electron chi connectivity index (χ1n) is 9.34. The highest BCUT2D eigenvalue weighted by atomic mass is 32.2. The number of anilines is 1. The van der Waals surface area contributed by atoms with Crippen molar-refractivity contribution in [1.29, 1.82) is 0 Å². The van der Waals surface area contributed by atoms with Crippen LogP contribution in [-0.4, -0.2) is 20.1 Å². The number of carbonyl (C=O) groups excluding carboxylic acids is 1. The molecule has 1 aliphatic carbocycles. The molecule has 5 nitrogen and oxygen atoms in total. The van der Waals surface area contributed by atoms with Crippen LogP contribution in [0.2, 0.25) is 0 Å². The minimum Gasteiger partial charge on any atom is -0.343 e. The smallest absolute Gasteiger partial charge is 0.252 e. The van der Waals surface area contributed by atoms with E-state index in [1.54, 1.807) is 24.3 Å². The molecular formula is C21H26N2O3S. The molecule has 3 rings (SSSR count). The minimum absolute atomic E-state index is 0.0538. The fraction of sp³-hybridized carbons (Fsp3) is 0.381. The van der Waals surface area contributed by atoms with Crippen LogP contribution in [0.4, 0.5) is 5.69 Å². The van der Waals surface area contributed by atoms with Crippen molar-refractivity contribution in [3.8, 4) is 0 Å². The number of hydrogen-bond acceptors (Lipinski definition) is 3. The summed E-state index contributed by atoms with van der Waals surface area (Å²) in [5.74, 6) is -0.149. The first-order valence-corrected chi connectivity index (χ1v) is 11.0. The average molecular weight is 387 g/mol. The van der Waals surface area contributed by atoms with Gasteiger partial charge in [-0.05, 0) is 61.9 Å². The Hall–Kier alpha value is -2.34. The summed E-state index contributed by atoms with van der Waals surface area (Å²) in [4.78, 5) is 12.9. The first-order chi connectivity index (χ1) is 12.8. The maximum atomic E-state index is 12.9. The Morgan fingerprint density at radius 3 is 2.70 bits per heavy atom. The normalized spacial score (nSPS) is 19.2. The molecule has 2 aromatic rings. The minimum atomic E-state index is -3.39. The third kappa shape index (κ3) is 4.50. The second-order valence-electron chi connectivity index (χ2n) is 7.30. The van der Waals surface area contributed by atoms with Gasteiger partial charge in [0.05, 0.1) is 11.3 Å². The van der Waals surface area contributed by atoms with Crippen LogP contribution in [0.3, 0.4) is 0 Å². The largest absolute Gasteiger partial charge is 0.343 e. The van der Waals surface area contributed by atoms with E-state index < -0.39 is 15.6 Å². The summed E-state index contributed by atoms with van der Waals surface area (Å²) in [5, 5.41) is 3.17. The predicted octanol–water partition coefficient (Wildman–Crippen LogP) is 3.82. The molecule has 144 valence electrons. The van der Waals surface area contributed by atoms with Crippen molar-refractivity contribution >= 4 is 21.6 Å². The number of rotatable bonds is 6. The molecule has 1 amide bonds. The van der Waals surface area contributed by atoms with Gasteiger partial charge in [-0.1, -0.05) is 37.3 Å². The van der Waals surface area contributed by atoms with Crippen molar-refractivity contribution < 1.29 is 13.2 Å². The number of hydrogen-bond donors (Lipinski definition) is 2. The van der Waals surface area contributed by atoms with Crippen LogP contribution in [0.1, 0.15) is 54.6 Å². The highest BCUT2D eigenvalue weighted by Crippen LogP contribution is 2.35. The van der Waals surface area contributed by atoms with Crippen molar-refractivity contribution in [2.24, 2.45) is 0 Å². The zero-order valence-corrected chi connectivity index (χ0v) is 16.6. The lowest BCUT2D eigenvalue weighted by Gasteiger charge is -2.37. The van der Waals surface area contributed by atoms with Gasteiger partial charge < -0.3 is 5.32 Å². The summed E-state index contributed by atoms with van der Waals surface area (Å²) < 4.78 is 26.5. The molecule has 0 fully saturated rings. The molecule has 0 saturated heterocycles. The highest BCUT2D eigenvalue weighted by Gasteiger charge is 2.33. The first kappa shape index (κ1) is 19.4. The molecule has 0 bridgehead atoms. The highest BCUT2D eigenvalue weighted by molar-refractivity contribution is 7.92. The van der Waals surface area contributed by atoms with Crippen LogP contribution in [-0.2, 0) is 22.0 Å². The fourth-order valence-electron chi connectivity index (χ4n) is 3.72. The summed E-state index contributed by atoms with van der Waals surface area (Å²) >= 11 is 0. The van der Waals surface area contributed by atoms with Gasteiger partial charge in [0.25, 0.3) is 5.91 Å². The van der Waals surface area contributed by atoms with Crippen LogP contribution in [0.25, 0.3) is 0 Å². The van der Waals surface area contributed by atoms with Gasteiger partial charge in [-0.2, -0.15) is 0 Å². The van der Waals surface area contributed by atoms with Crippen LogP contribution in [0, 0.1) is 0 Å². The van der Waals surface area contributed by atoms with Crippen LogP contribution >= 0.6 is 0 Å². The Kier molecular flexibility index (Phi) is 5.56. The Balaban J connectivity index is 1.80. The zero-order valence-electron chi connectivity index (χ0n) is 15.8. The van der Waals surface area contributed by atoms with Gasteiger partial charge in [0.2, 0.25) is 10.0 Å². The lowest BCUT2D eigenvalue weighted by Crippen LogP contribution is -2.45. The van der Waals surface area contributed by atoms with Gasteiger partial charge in [0.15, 0.2) is 0 Å². The molecule has 2 aromatic carbocycles. The molecule has 0 radical (unpaired) electrons. The van der Waals surface area contributed by atoms with Gasteiger partial charge in [0.1, 0.15) is 0 Å². The second-order valence-corrected chi connectivity index (χ2v) is 9.14. The number of aryl methyl sites for hydroxylation is 1. The van der Waals surface area contributed by atoms with E-state index >= 15 is 0 Å². The fourth-order valence-corrected chi connectivity index (χ4v) is 4.85. The van der Waals surface area contributed by atoms with Gasteiger partial charge in [-0.25, -0.2) is 8.42 Å². The van der Waals surface area contributed by atoms with Crippen molar-refractivity contribution in [3.63, 3.8) is 0 Å². The van der Waals surface area contributed by atoms with Gasteiger partial charge in [0, 0.05) is 11.3 Å². The van der Waals surface area contributed by atoms with E-state index in [9.17, 15) is 13.2 Å². The Morgan fingerprint density at radius 2 is 1.93 bits per heavy atom. The van der Waals surface area contributed by atoms with E-state index in [-0.39, 0.29) is 11.7 Å². The molecule has 2 N–H and O–H groups in total. The maximum Gasteiger partial charge on any atom is 0.252 e. The Labute approximate surface area is 161 Å². The van der Waals surface area contributed by atoms with E-state index in [1.165, 1.54) is 5.56 Å². The maximum absolute atomic E-state index is 12.9. The summed E-state index contributed by atoms with van der Waals surface area (Å²) in [7, 11) is -3.39. The van der Waals surface area contributed by atoms with Crippen molar-refractivity contribution in [2.75, 3.05) is 10.5 Å². The van der Waals surface area contributed by atoms with E-state index in [2.05, 4.69) is 29.1 Å². The number of carbonyl (C=O) groups is 1. The lowest BCUT2D eigenvalue weighted by molar-refractivity contribution is 0.0895. The average Bonchev–Trinajstić information content (AvgIpc) is 2.61. The molecule has 27 heavy (non-hydrogen) atoms. The molecule has 0 spiro atoms. The molecule has 1 aliphatic rings. The van der Waals surface area contributed by atoms with Gasteiger partial charge in [-0.3, -0.25) is 9.52 Å². The molecule has 0 unspecified atom stereocenters. The third-order valence-electron chi connectivity index (χ3n) is 5.00. The summed E-state index contributed by atoms with van der Waals surface area (Å²) in [5.41, 5.74) is 2.85. The summed E-state index contributed by atoms with van der Waals surface area (Å²) in [6, 6.07) is 14.8. The molecular weight excluding hydrogens is 360 g/mol. The molecule has 0 heterocycles. The van der Waals surface area contributed by atoms with Crippen molar-refractivity contribution in [2.45, 2.75) is 45.1 Å². The lowest BCUT2D eigenvalue weighted by atomic mass is 9.77. The van der Waals surface area contributed by atoms with Gasteiger partial charge >= 0.3 is 0 Å². The summed E-state index contributed by atoms with van der Waals surface area (Å²) in [6.45, 7) is 3.86. The molecule has 0 aromatic heterocycles. The monoisotopic (exact) mass is 386 g/mol. The van der Waals surface area contributed by atoms with Crippen molar-refractivity contribution in [1.82, 2.24) is 5.32 Å².